The van der Waals surface area contributed by atoms with E-state index >= 15 is 0 Å². The SMILES string of the molecule is CCOC(Cc1ccc(OCCN(CC(CC)CC)C(=O)Nc2ccc(OC(F)(F)F)cc2)cc1)C(=O)O. The Balaban J connectivity index is 1.97. The molecule has 0 bridgehead atoms. The van der Waals surface area contributed by atoms with Crippen molar-refractivity contribution < 1.29 is 42.1 Å². The minimum absolute atomic E-state index is 0.210. The lowest BCUT2D eigenvalue weighted by Gasteiger charge is -2.27. The fourth-order valence-electron chi connectivity index (χ4n) is 3.70. The van der Waals surface area contributed by atoms with E-state index in [0.29, 0.717) is 24.6 Å². The molecule has 1 unspecified atom stereocenters. The third-order valence-electron chi connectivity index (χ3n) is 5.88. The fourth-order valence-corrected chi connectivity index (χ4v) is 3.70. The molecule has 1 atom stereocenters. The Bertz CT molecular complexity index is 995. The second-order valence-corrected chi connectivity index (χ2v) is 8.61. The summed E-state index contributed by atoms with van der Waals surface area (Å²) >= 11 is 0. The number of aliphatic carboxylic acids is 1. The van der Waals surface area contributed by atoms with E-state index in [2.05, 4.69) is 10.1 Å². The number of urea groups is 1. The summed E-state index contributed by atoms with van der Waals surface area (Å²) in [6.07, 6.45) is -3.72. The van der Waals surface area contributed by atoms with Crippen LogP contribution in [0.1, 0.15) is 39.2 Å². The monoisotopic (exact) mass is 540 g/mol. The first-order chi connectivity index (χ1) is 18.0. The number of nitrogens with one attached hydrogen (secondary N) is 1. The summed E-state index contributed by atoms with van der Waals surface area (Å²) in [6, 6.07) is 11.6. The first kappa shape index (κ1) is 30.8. The molecule has 0 spiro atoms. The number of carboxylic acid groups (broad SMARTS) is 1. The van der Waals surface area contributed by atoms with Gasteiger partial charge in [-0.05, 0) is 54.8 Å². The van der Waals surface area contributed by atoms with Crippen LogP contribution in [0.3, 0.4) is 0 Å². The first-order valence-electron chi connectivity index (χ1n) is 12.5. The summed E-state index contributed by atoms with van der Waals surface area (Å²) in [4.78, 5) is 25.9. The molecule has 8 nitrogen and oxygen atoms in total. The number of alkyl halides is 3. The second-order valence-electron chi connectivity index (χ2n) is 8.61. The molecule has 0 radical (unpaired) electrons. The summed E-state index contributed by atoms with van der Waals surface area (Å²) in [5.74, 6) is -0.552. The number of amides is 2. The molecule has 2 amide bonds. The smallest absolute Gasteiger partial charge is 0.492 e. The van der Waals surface area contributed by atoms with Gasteiger partial charge in [-0.3, -0.25) is 0 Å². The highest BCUT2D eigenvalue weighted by atomic mass is 19.4. The van der Waals surface area contributed by atoms with Gasteiger partial charge < -0.3 is 29.5 Å². The number of ether oxygens (including phenoxy) is 3. The highest BCUT2D eigenvalue weighted by molar-refractivity contribution is 5.89. The van der Waals surface area contributed by atoms with Crippen molar-refractivity contribution in [3.8, 4) is 11.5 Å². The molecule has 0 aliphatic heterocycles. The zero-order valence-electron chi connectivity index (χ0n) is 21.8. The summed E-state index contributed by atoms with van der Waals surface area (Å²) in [5.41, 5.74) is 1.13. The zero-order valence-corrected chi connectivity index (χ0v) is 21.8. The fraction of sp³-hybridized carbons (Fsp3) is 0.481. The van der Waals surface area contributed by atoms with Gasteiger partial charge in [0, 0.05) is 25.3 Å². The number of halogens is 3. The Morgan fingerprint density at radius 3 is 2.11 bits per heavy atom. The molecule has 0 saturated heterocycles. The molecule has 0 aliphatic carbocycles. The minimum Gasteiger partial charge on any atom is -0.492 e. The topological polar surface area (TPSA) is 97.3 Å². The molecule has 210 valence electrons. The molecular weight excluding hydrogens is 505 g/mol. The van der Waals surface area contributed by atoms with Gasteiger partial charge in [-0.1, -0.05) is 38.8 Å². The molecule has 0 aromatic heterocycles. The summed E-state index contributed by atoms with van der Waals surface area (Å²) in [6.45, 7) is 7.11. The average molecular weight is 541 g/mol. The van der Waals surface area contributed by atoms with Crippen molar-refractivity contribution in [2.45, 2.75) is 52.5 Å². The van der Waals surface area contributed by atoms with Crippen LogP contribution in [0.5, 0.6) is 11.5 Å². The molecule has 0 fully saturated rings. The first-order valence-corrected chi connectivity index (χ1v) is 12.5. The van der Waals surface area contributed by atoms with Crippen molar-refractivity contribution in [2.75, 3.05) is 31.6 Å². The quantitative estimate of drug-likeness (QED) is 0.289. The van der Waals surface area contributed by atoms with E-state index in [1.165, 1.54) is 12.1 Å². The molecule has 2 N–H and O–H groups in total. The predicted octanol–water partition coefficient (Wildman–Crippen LogP) is 5.97. The molecule has 2 aromatic rings. The van der Waals surface area contributed by atoms with Crippen LogP contribution in [0.4, 0.5) is 23.7 Å². The van der Waals surface area contributed by atoms with Crippen molar-refractivity contribution in [3.05, 3.63) is 54.1 Å². The number of benzene rings is 2. The Labute approximate surface area is 220 Å². The van der Waals surface area contributed by atoms with Gasteiger partial charge in [-0.15, -0.1) is 13.2 Å². The van der Waals surface area contributed by atoms with Crippen LogP contribution in [-0.4, -0.2) is 60.8 Å². The number of carbonyl (C=O) groups excluding carboxylic acids is 1. The van der Waals surface area contributed by atoms with E-state index in [-0.39, 0.29) is 31.2 Å². The van der Waals surface area contributed by atoms with Crippen molar-refractivity contribution in [2.24, 2.45) is 5.92 Å². The molecule has 0 saturated carbocycles. The number of carboxylic acids is 1. The molecule has 2 rings (SSSR count). The molecule has 0 aliphatic rings. The lowest BCUT2D eigenvalue weighted by Crippen LogP contribution is -2.40. The van der Waals surface area contributed by atoms with Gasteiger partial charge in [0.15, 0.2) is 6.10 Å². The van der Waals surface area contributed by atoms with Crippen LogP contribution in [0.25, 0.3) is 0 Å². The number of nitrogens with zero attached hydrogens (tertiary/aromatic N) is 1. The average Bonchev–Trinajstić information content (AvgIpc) is 2.87. The maximum absolute atomic E-state index is 13.0. The van der Waals surface area contributed by atoms with E-state index in [9.17, 15) is 27.9 Å². The third kappa shape index (κ3) is 10.9. The van der Waals surface area contributed by atoms with E-state index in [0.717, 1.165) is 30.5 Å². The normalized spacial score (nSPS) is 12.2. The number of hydrogen-bond donors (Lipinski definition) is 2. The summed E-state index contributed by atoms with van der Waals surface area (Å²) in [7, 11) is 0. The molecule has 0 heterocycles. The van der Waals surface area contributed by atoms with Gasteiger partial charge in [-0.2, -0.15) is 0 Å². The van der Waals surface area contributed by atoms with Gasteiger partial charge in [-0.25, -0.2) is 9.59 Å². The number of anilines is 1. The van der Waals surface area contributed by atoms with E-state index in [1.54, 1.807) is 36.1 Å². The standard InChI is InChI=1S/C27H35F3N2O6/c1-4-19(5-2)18-32(26(35)31-21-9-13-23(14-10-21)38-27(28,29)30)15-16-37-22-11-7-20(8-12-22)17-24(25(33)34)36-6-3/h7-14,19,24H,4-6,15-18H2,1-3H3,(H,31,35)(H,33,34). The Hall–Kier alpha value is -3.47. The number of rotatable bonds is 15. The van der Waals surface area contributed by atoms with E-state index < -0.39 is 24.5 Å². The predicted molar refractivity (Wildman–Crippen MR) is 136 cm³/mol. The van der Waals surface area contributed by atoms with E-state index in [1.807, 2.05) is 13.8 Å². The summed E-state index contributed by atoms with van der Waals surface area (Å²) < 4.78 is 52.0. The van der Waals surface area contributed by atoms with Crippen LogP contribution >= 0.6 is 0 Å². The number of carbonyl (C=O) groups is 2. The highest BCUT2D eigenvalue weighted by Gasteiger charge is 2.31. The Kier molecular flexibility index (Phi) is 12.2. The number of hydrogen-bond acceptors (Lipinski definition) is 5. The van der Waals surface area contributed by atoms with Crippen molar-refractivity contribution >= 4 is 17.7 Å². The van der Waals surface area contributed by atoms with Crippen LogP contribution in [0.15, 0.2) is 48.5 Å². The maximum atomic E-state index is 13.0. The Morgan fingerprint density at radius 1 is 0.974 bits per heavy atom. The van der Waals surface area contributed by atoms with Gasteiger partial charge in [0.05, 0.1) is 6.54 Å². The Morgan fingerprint density at radius 2 is 1.58 bits per heavy atom. The highest BCUT2D eigenvalue weighted by Crippen LogP contribution is 2.24. The maximum Gasteiger partial charge on any atom is 0.573 e. The second kappa shape index (κ2) is 15.1. The van der Waals surface area contributed by atoms with Crippen LogP contribution in [-0.2, 0) is 16.0 Å². The largest absolute Gasteiger partial charge is 0.573 e. The molecule has 38 heavy (non-hydrogen) atoms. The van der Waals surface area contributed by atoms with Gasteiger partial charge >= 0.3 is 18.4 Å². The van der Waals surface area contributed by atoms with Crippen LogP contribution in [0.2, 0.25) is 0 Å². The third-order valence-corrected chi connectivity index (χ3v) is 5.88. The van der Waals surface area contributed by atoms with Gasteiger partial charge in [0.25, 0.3) is 0 Å². The minimum atomic E-state index is -4.79. The van der Waals surface area contributed by atoms with E-state index in [4.69, 9.17) is 9.47 Å². The van der Waals surface area contributed by atoms with Crippen molar-refractivity contribution in [1.82, 2.24) is 4.90 Å². The van der Waals surface area contributed by atoms with Gasteiger partial charge in [0.2, 0.25) is 0 Å². The zero-order chi connectivity index (χ0) is 28.1. The van der Waals surface area contributed by atoms with Crippen LogP contribution < -0.4 is 14.8 Å². The van der Waals surface area contributed by atoms with Crippen LogP contribution in [0, 0.1) is 5.92 Å². The summed E-state index contributed by atoms with van der Waals surface area (Å²) in [5, 5.41) is 12.0. The van der Waals surface area contributed by atoms with Crippen molar-refractivity contribution in [1.29, 1.82) is 0 Å². The molecule has 2 aromatic carbocycles. The van der Waals surface area contributed by atoms with Gasteiger partial charge in [0.1, 0.15) is 18.1 Å². The van der Waals surface area contributed by atoms with Crippen molar-refractivity contribution in [3.63, 3.8) is 0 Å². The molecular formula is C27H35F3N2O6. The molecule has 11 heteroatoms. The lowest BCUT2D eigenvalue weighted by atomic mass is 10.0. The lowest BCUT2D eigenvalue weighted by molar-refractivity contribution is -0.274.